The van der Waals surface area contributed by atoms with Crippen LogP contribution in [-0.2, 0) is 0 Å². The van der Waals surface area contributed by atoms with Crippen molar-refractivity contribution in [2.45, 2.75) is 45.1 Å². The van der Waals surface area contributed by atoms with Crippen molar-refractivity contribution < 1.29 is 4.74 Å². The Labute approximate surface area is 103 Å². The average molecular weight is 234 g/mol. The molecule has 1 aromatic heterocycles. The van der Waals surface area contributed by atoms with Crippen LogP contribution in [0.2, 0.25) is 0 Å². The van der Waals surface area contributed by atoms with Crippen LogP contribution >= 0.6 is 0 Å². The third kappa shape index (κ3) is 3.70. The molecular weight excluding hydrogens is 212 g/mol. The molecule has 1 atom stereocenters. The molecule has 94 valence electrons. The third-order valence-electron chi connectivity index (χ3n) is 3.48. The predicted molar refractivity (Wildman–Crippen MR) is 68.9 cm³/mol. The Morgan fingerprint density at radius 2 is 2.12 bits per heavy atom. The van der Waals surface area contributed by atoms with E-state index in [0.29, 0.717) is 0 Å². The number of nitrogens with two attached hydrogens (primary N) is 1. The van der Waals surface area contributed by atoms with Gasteiger partial charge in [0, 0.05) is 18.3 Å². The van der Waals surface area contributed by atoms with Crippen LogP contribution in [-0.4, -0.2) is 11.6 Å². The van der Waals surface area contributed by atoms with E-state index in [0.717, 1.165) is 24.0 Å². The van der Waals surface area contributed by atoms with E-state index in [1.165, 1.54) is 32.1 Å². The van der Waals surface area contributed by atoms with Gasteiger partial charge in [0.05, 0.1) is 6.61 Å². The number of aromatic nitrogens is 1. The predicted octanol–water partition coefficient (Wildman–Crippen LogP) is 3.06. The second-order valence-electron chi connectivity index (χ2n) is 5.03. The molecule has 1 aliphatic rings. The fourth-order valence-corrected chi connectivity index (χ4v) is 2.30. The Bertz CT molecular complexity index is 329. The highest BCUT2D eigenvalue weighted by atomic mass is 16.5. The second kappa shape index (κ2) is 6.01. The maximum absolute atomic E-state index is 5.77. The third-order valence-corrected chi connectivity index (χ3v) is 3.48. The van der Waals surface area contributed by atoms with E-state index in [4.69, 9.17) is 10.5 Å². The van der Waals surface area contributed by atoms with E-state index in [-0.39, 0.29) is 6.04 Å². The molecule has 0 aromatic carbocycles. The van der Waals surface area contributed by atoms with Gasteiger partial charge < -0.3 is 10.5 Å². The van der Waals surface area contributed by atoms with Crippen molar-refractivity contribution in [1.82, 2.24) is 4.98 Å². The summed E-state index contributed by atoms with van der Waals surface area (Å²) in [5.41, 5.74) is 6.82. The molecule has 0 radical (unpaired) electrons. The zero-order chi connectivity index (χ0) is 12.1. The van der Waals surface area contributed by atoms with Crippen LogP contribution < -0.4 is 10.5 Å². The lowest BCUT2D eigenvalue weighted by atomic mass is 9.90. The minimum absolute atomic E-state index is 0.0369. The zero-order valence-electron chi connectivity index (χ0n) is 10.6. The Morgan fingerprint density at radius 1 is 1.35 bits per heavy atom. The summed E-state index contributed by atoms with van der Waals surface area (Å²) in [6.07, 6.45) is 8.50. The number of nitrogens with zero attached hydrogens (tertiary/aromatic N) is 1. The minimum Gasteiger partial charge on any atom is -0.477 e. The maximum atomic E-state index is 5.77. The van der Waals surface area contributed by atoms with Crippen LogP contribution in [0.1, 0.15) is 50.6 Å². The Hall–Kier alpha value is -1.09. The summed E-state index contributed by atoms with van der Waals surface area (Å²) in [5.74, 6) is 1.44. The molecule has 3 nitrogen and oxygen atoms in total. The van der Waals surface area contributed by atoms with E-state index in [2.05, 4.69) is 4.98 Å². The quantitative estimate of drug-likeness (QED) is 0.871. The Kier molecular flexibility index (Phi) is 4.37. The lowest BCUT2D eigenvalue weighted by molar-refractivity contribution is 0.203. The number of hydrogen-bond acceptors (Lipinski definition) is 3. The fourth-order valence-electron chi connectivity index (χ4n) is 2.30. The SMILES string of the molecule is C[C@@H](N)c1ccc(OCC2CCCCC2)nc1. The van der Waals surface area contributed by atoms with Gasteiger partial charge >= 0.3 is 0 Å². The Morgan fingerprint density at radius 3 is 2.71 bits per heavy atom. The molecule has 3 heteroatoms. The van der Waals surface area contributed by atoms with Crippen molar-refractivity contribution in [1.29, 1.82) is 0 Å². The van der Waals surface area contributed by atoms with Crippen molar-refractivity contribution in [2.75, 3.05) is 6.61 Å². The molecule has 1 heterocycles. The van der Waals surface area contributed by atoms with Gasteiger partial charge in [-0.15, -0.1) is 0 Å². The number of hydrogen-bond donors (Lipinski definition) is 1. The van der Waals surface area contributed by atoms with Gasteiger partial charge in [0.1, 0.15) is 0 Å². The van der Waals surface area contributed by atoms with Crippen molar-refractivity contribution in [2.24, 2.45) is 11.7 Å². The number of rotatable bonds is 4. The molecule has 1 fully saturated rings. The monoisotopic (exact) mass is 234 g/mol. The van der Waals surface area contributed by atoms with Crippen molar-refractivity contribution >= 4 is 0 Å². The topological polar surface area (TPSA) is 48.1 Å². The average Bonchev–Trinajstić information content (AvgIpc) is 2.38. The smallest absolute Gasteiger partial charge is 0.213 e. The second-order valence-corrected chi connectivity index (χ2v) is 5.03. The molecule has 0 spiro atoms. The summed E-state index contributed by atoms with van der Waals surface area (Å²) in [7, 11) is 0. The van der Waals surface area contributed by atoms with Gasteiger partial charge in [0.15, 0.2) is 0 Å². The van der Waals surface area contributed by atoms with Gasteiger partial charge in [-0.2, -0.15) is 0 Å². The molecule has 1 saturated carbocycles. The van der Waals surface area contributed by atoms with Gasteiger partial charge in [-0.1, -0.05) is 25.3 Å². The van der Waals surface area contributed by atoms with Gasteiger partial charge in [-0.25, -0.2) is 4.98 Å². The first-order valence-electron chi connectivity index (χ1n) is 6.60. The van der Waals surface area contributed by atoms with Crippen molar-refractivity contribution in [3.8, 4) is 5.88 Å². The zero-order valence-corrected chi connectivity index (χ0v) is 10.6. The van der Waals surface area contributed by atoms with Crippen LogP contribution in [0.4, 0.5) is 0 Å². The standard InChI is InChI=1S/C14H22N2O/c1-11(15)13-7-8-14(16-9-13)17-10-12-5-3-2-4-6-12/h7-9,11-12H,2-6,10,15H2,1H3/t11-/m1/s1. The molecule has 1 aliphatic carbocycles. The van der Waals surface area contributed by atoms with Gasteiger partial charge in [0.25, 0.3) is 0 Å². The first kappa shape index (κ1) is 12.4. The van der Waals surface area contributed by atoms with Crippen LogP contribution in [0.15, 0.2) is 18.3 Å². The molecule has 0 bridgehead atoms. The van der Waals surface area contributed by atoms with Gasteiger partial charge in [0.2, 0.25) is 5.88 Å². The maximum Gasteiger partial charge on any atom is 0.213 e. The van der Waals surface area contributed by atoms with Gasteiger partial charge in [-0.3, -0.25) is 0 Å². The lowest BCUT2D eigenvalue weighted by Gasteiger charge is -2.21. The molecule has 0 unspecified atom stereocenters. The summed E-state index contributed by atoms with van der Waals surface area (Å²) in [6.45, 7) is 2.77. The van der Waals surface area contributed by atoms with Gasteiger partial charge in [-0.05, 0) is 31.2 Å². The summed E-state index contributed by atoms with van der Waals surface area (Å²) in [6, 6.07) is 3.95. The molecule has 0 aliphatic heterocycles. The van der Waals surface area contributed by atoms with E-state index in [1.807, 2.05) is 19.1 Å². The molecule has 2 N–H and O–H groups in total. The van der Waals surface area contributed by atoms with E-state index < -0.39 is 0 Å². The molecular formula is C14H22N2O. The molecule has 1 aromatic rings. The largest absolute Gasteiger partial charge is 0.477 e. The number of ether oxygens (including phenoxy) is 1. The van der Waals surface area contributed by atoms with Crippen LogP contribution in [0.25, 0.3) is 0 Å². The number of pyridine rings is 1. The summed E-state index contributed by atoms with van der Waals surface area (Å²) in [5, 5.41) is 0. The van der Waals surface area contributed by atoms with Crippen LogP contribution in [0.5, 0.6) is 5.88 Å². The highest BCUT2D eigenvalue weighted by Gasteiger charge is 2.14. The van der Waals surface area contributed by atoms with Crippen molar-refractivity contribution in [3.63, 3.8) is 0 Å². The molecule has 2 rings (SSSR count). The van der Waals surface area contributed by atoms with E-state index in [1.54, 1.807) is 6.20 Å². The first-order valence-corrected chi connectivity index (χ1v) is 6.60. The first-order chi connectivity index (χ1) is 8.25. The van der Waals surface area contributed by atoms with E-state index in [9.17, 15) is 0 Å². The summed E-state index contributed by atoms with van der Waals surface area (Å²) < 4.78 is 5.73. The normalized spacial score (nSPS) is 18.9. The Balaban J connectivity index is 1.82. The summed E-state index contributed by atoms with van der Waals surface area (Å²) in [4.78, 5) is 4.28. The highest BCUT2D eigenvalue weighted by molar-refractivity contribution is 5.19. The molecule has 17 heavy (non-hydrogen) atoms. The minimum atomic E-state index is 0.0369. The van der Waals surface area contributed by atoms with Crippen molar-refractivity contribution in [3.05, 3.63) is 23.9 Å². The van der Waals surface area contributed by atoms with Crippen LogP contribution in [0.3, 0.4) is 0 Å². The molecule has 0 saturated heterocycles. The lowest BCUT2D eigenvalue weighted by Crippen LogP contribution is -2.15. The van der Waals surface area contributed by atoms with Crippen LogP contribution in [0, 0.1) is 5.92 Å². The summed E-state index contributed by atoms with van der Waals surface area (Å²) >= 11 is 0. The van der Waals surface area contributed by atoms with E-state index >= 15 is 0 Å². The fraction of sp³-hybridized carbons (Fsp3) is 0.643. The molecule has 0 amide bonds. The highest BCUT2D eigenvalue weighted by Crippen LogP contribution is 2.24.